The van der Waals surface area contributed by atoms with E-state index >= 15 is 0 Å². The van der Waals surface area contributed by atoms with Crippen molar-refractivity contribution in [1.82, 2.24) is 9.95 Å². The molecule has 0 amide bonds. The highest BCUT2D eigenvalue weighted by atomic mass is 32.2. The molecule has 13 heavy (non-hydrogen) atoms. The third-order valence-corrected chi connectivity index (χ3v) is 2.48. The van der Waals surface area contributed by atoms with E-state index in [-0.39, 0.29) is 18.7 Å². The van der Waals surface area contributed by atoms with E-state index in [1.54, 1.807) is 0 Å². The summed E-state index contributed by atoms with van der Waals surface area (Å²) < 4.78 is 21.7. The first-order valence-corrected chi connectivity index (χ1v) is 5.26. The lowest BCUT2D eigenvalue weighted by Crippen LogP contribution is -2.48. The zero-order valence-corrected chi connectivity index (χ0v) is 8.04. The average Bonchev–Trinajstić information content (AvgIpc) is 2.00. The molecule has 0 aromatic carbocycles. The standard InChI is InChI=1S/C5H13N3O4S/c1-2-13(11,12)7-8(6)4-3-5(9)10/h7H,2-4,6H2,1H3,(H,9,10). The molecular formula is C5H13N3O4S. The molecule has 0 aliphatic carbocycles. The van der Waals surface area contributed by atoms with Crippen LogP contribution in [0.5, 0.6) is 0 Å². The lowest BCUT2D eigenvalue weighted by Gasteiger charge is -2.15. The van der Waals surface area contributed by atoms with Crippen LogP contribution in [0, 0.1) is 0 Å². The van der Waals surface area contributed by atoms with Gasteiger partial charge in [0, 0.05) is 6.54 Å². The summed E-state index contributed by atoms with van der Waals surface area (Å²) in [6.07, 6.45) is -0.220. The molecule has 8 heteroatoms. The van der Waals surface area contributed by atoms with Crippen LogP contribution >= 0.6 is 0 Å². The van der Waals surface area contributed by atoms with Crippen LogP contribution in [0.3, 0.4) is 0 Å². The molecule has 0 unspecified atom stereocenters. The Hall–Kier alpha value is -0.700. The van der Waals surface area contributed by atoms with Gasteiger partial charge >= 0.3 is 5.97 Å². The third-order valence-electron chi connectivity index (χ3n) is 1.20. The van der Waals surface area contributed by atoms with Crippen LogP contribution in [-0.2, 0) is 14.8 Å². The Bertz CT molecular complexity index is 263. The van der Waals surface area contributed by atoms with E-state index in [0.29, 0.717) is 0 Å². The Balaban J connectivity index is 3.88. The lowest BCUT2D eigenvalue weighted by atomic mass is 10.4. The molecule has 0 saturated carbocycles. The fraction of sp³-hybridized carbons (Fsp3) is 0.800. The van der Waals surface area contributed by atoms with Crippen LogP contribution in [0.25, 0.3) is 0 Å². The van der Waals surface area contributed by atoms with Crippen LogP contribution in [0.2, 0.25) is 0 Å². The van der Waals surface area contributed by atoms with Gasteiger partial charge in [0.05, 0.1) is 12.2 Å². The van der Waals surface area contributed by atoms with Crippen molar-refractivity contribution in [1.29, 1.82) is 0 Å². The van der Waals surface area contributed by atoms with E-state index in [4.69, 9.17) is 10.9 Å². The van der Waals surface area contributed by atoms with Crippen molar-refractivity contribution < 1.29 is 18.3 Å². The Morgan fingerprint density at radius 3 is 2.54 bits per heavy atom. The van der Waals surface area contributed by atoms with Gasteiger partial charge in [-0.15, -0.1) is 4.83 Å². The number of aliphatic carboxylic acids is 1. The summed E-state index contributed by atoms with van der Waals surface area (Å²) in [7, 11) is -3.41. The zero-order chi connectivity index (χ0) is 10.5. The number of hydrogen-bond acceptors (Lipinski definition) is 5. The monoisotopic (exact) mass is 211 g/mol. The van der Waals surface area contributed by atoms with Crippen LogP contribution in [0.15, 0.2) is 0 Å². The molecule has 0 aromatic heterocycles. The SMILES string of the molecule is CCS(=O)(=O)NN(N)CCC(=O)O. The predicted octanol–water partition coefficient (Wildman–Crippen LogP) is -1.51. The maximum Gasteiger partial charge on any atom is 0.304 e. The van der Waals surface area contributed by atoms with Gasteiger partial charge in [-0.2, -0.15) is 5.12 Å². The highest BCUT2D eigenvalue weighted by Gasteiger charge is 2.10. The van der Waals surface area contributed by atoms with Crippen molar-refractivity contribution >= 4 is 16.0 Å². The maximum absolute atomic E-state index is 10.9. The summed E-state index contributed by atoms with van der Waals surface area (Å²) in [5.74, 6) is 4.02. The summed E-state index contributed by atoms with van der Waals surface area (Å²) in [6, 6.07) is 0. The second-order valence-electron chi connectivity index (χ2n) is 2.33. The van der Waals surface area contributed by atoms with Crippen LogP contribution in [0.1, 0.15) is 13.3 Å². The second-order valence-corrected chi connectivity index (χ2v) is 4.32. The smallest absolute Gasteiger partial charge is 0.304 e. The van der Waals surface area contributed by atoms with Gasteiger partial charge in [0.15, 0.2) is 0 Å². The molecule has 0 aliphatic rings. The lowest BCUT2D eigenvalue weighted by molar-refractivity contribution is -0.137. The van der Waals surface area contributed by atoms with Gasteiger partial charge in [0.1, 0.15) is 0 Å². The number of hydrogen-bond donors (Lipinski definition) is 3. The van der Waals surface area contributed by atoms with Crippen molar-refractivity contribution in [2.75, 3.05) is 12.3 Å². The van der Waals surface area contributed by atoms with Crippen molar-refractivity contribution in [2.45, 2.75) is 13.3 Å². The van der Waals surface area contributed by atoms with Crippen LogP contribution in [-0.4, -0.2) is 36.9 Å². The van der Waals surface area contributed by atoms with Crippen molar-refractivity contribution in [3.8, 4) is 0 Å². The Morgan fingerprint density at radius 1 is 1.62 bits per heavy atom. The Kier molecular flexibility index (Phi) is 4.85. The third kappa shape index (κ3) is 6.46. The van der Waals surface area contributed by atoms with E-state index < -0.39 is 16.0 Å². The van der Waals surface area contributed by atoms with Crippen molar-refractivity contribution in [3.63, 3.8) is 0 Å². The molecule has 0 heterocycles. The van der Waals surface area contributed by atoms with Crippen LogP contribution < -0.4 is 10.7 Å². The quantitative estimate of drug-likeness (QED) is 0.363. The van der Waals surface area contributed by atoms with Gasteiger partial charge in [0.25, 0.3) is 0 Å². The van der Waals surface area contributed by atoms with Gasteiger partial charge in [0.2, 0.25) is 10.0 Å². The molecule has 0 bridgehead atoms. The number of sulfonamides is 1. The average molecular weight is 211 g/mol. The van der Waals surface area contributed by atoms with Crippen LogP contribution in [0.4, 0.5) is 0 Å². The minimum atomic E-state index is -3.41. The first-order chi connectivity index (χ1) is 5.87. The van der Waals surface area contributed by atoms with Gasteiger partial charge in [-0.25, -0.2) is 8.42 Å². The minimum Gasteiger partial charge on any atom is -0.481 e. The maximum atomic E-state index is 10.9. The first-order valence-electron chi connectivity index (χ1n) is 3.61. The van der Waals surface area contributed by atoms with Crippen molar-refractivity contribution in [2.24, 2.45) is 5.84 Å². The fourth-order valence-electron chi connectivity index (χ4n) is 0.505. The summed E-state index contributed by atoms with van der Waals surface area (Å²) in [4.78, 5) is 12.1. The van der Waals surface area contributed by atoms with E-state index in [2.05, 4.69) is 0 Å². The largest absolute Gasteiger partial charge is 0.481 e. The fourth-order valence-corrected chi connectivity index (χ4v) is 1.08. The first kappa shape index (κ1) is 12.3. The molecule has 0 aromatic rings. The number of carbonyl (C=O) groups is 1. The topological polar surface area (TPSA) is 113 Å². The molecule has 0 aliphatic heterocycles. The van der Waals surface area contributed by atoms with E-state index in [1.807, 2.05) is 4.83 Å². The van der Waals surface area contributed by atoms with Gasteiger partial charge < -0.3 is 5.11 Å². The minimum absolute atomic E-state index is 0.0748. The number of carboxylic acids is 1. The van der Waals surface area contributed by atoms with Gasteiger partial charge in [-0.05, 0) is 6.92 Å². The number of hydrazine groups is 2. The number of nitrogens with two attached hydrogens (primary N) is 1. The molecule has 0 fully saturated rings. The normalized spacial score (nSPS) is 11.9. The number of carboxylic acid groups (broad SMARTS) is 1. The molecule has 0 radical (unpaired) electrons. The second kappa shape index (κ2) is 5.12. The van der Waals surface area contributed by atoms with E-state index in [0.717, 1.165) is 5.12 Å². The zero-order valence-electron chi connectivity index (χ0n) is 7.23. The highest BCUT2D eigenvalue weighted by Crippen LogP contribution is 1.86. The number of nitrogens with one attached hydrogen (secondary N) is 1. The van der Waals surface area contributed by atoms with Crippen molar-refractivity contribution in [3.05, 3.63) is 0 Å². The van der Waals surface area contributed by atoms with Gasteiger partial charge in [-0.1, -0.05) is 0 Å². The highest BCUT2D eigenvalue weighted by molar-refractivity contribution is 7.89. The Morgan fingerprint density at radius 2 is 2.15 bits per heavy atom. The van der Waals surface area contributed by atoms with Gasteiger partial charge in [-0.3, -0.25) is 10.6 Å². The summed E-state index contributed by atoms with van der Waals surface area (Å²) >= 11 is 0. The van der Waals surface area contributed by atoms with E-state index in [1.165, 1.54) is 6.92 Å². The molecule has 0 atom stereocenters. The predicted molar refractivity (Wildman–Crippen MR) is 45.7 cm³/mol. The summed E-state index contributed by atoms with van der Waals surface area (Å²) in [6.45, 7) is 1.38. The summed E-state index contributed by atoms with van der Waals surface area (Å²) in [5.41, 5.74) is 0. The molecule has 78 valence electrons. The molecule has 7 nitrogen and oxygen atoms in total. The number of nitrogens with zero attached hydrogens (tertiary/aromatic N) is 1. The molecule has 0 rings (SSSR count). The molecular weight excluding hydrogens is 198 g/mol. The number of rotatable bonds is 6. The molecule has 0 spiro atoms. The molecule has 4 N–H and O–H groups in total. The Labute approximate surface area is 76.5 Å². The molecule has 0 saturated heterocycles. The van der Waals surface area contributed by atoms with E-state index in [9.17, 15) is 13.2 Å². The summed E-state index contributed by atoms with van der Waals surface area (Å²) in [5, 5.41) is 9.00.